The normalized spacial score (nSPS) is 23.3. The van der Waals surface area contributed by atoms with E-state index < -0.39 is 0 Å². The Balaban J connectivity index is 2.04. The molecule has 1 amide bonds. The van der Waals surface area contributed by atoms with Crippen molar-refractivity contribution in [3.63, 3.8) is 0 Å². The number of piperidine rings is 1. The predicted octanol–water partition coefficient (Wildman–Crippen LogP) is 2.78. The second kappa shape index (κ2) is 6.09. The highest BCUT2D eigenvalue weighted by Crippen LogP contribution is 2.32. The Morgan fingerprint density at radius 2 is 2.37 bits per heavy atom. The molecule has 0 radical (unpaired) electrons. The third kappa shape index (κ3) is 3.20. The van der Waals surface area contributed by atoms with Crippen molar-refractivity contribution in [3.8, 4) is 0 Å². The standard InChI is InChI=1S/C14H21BrN2O2/c1-3-14(7-4-8-16-10-14)13(18)17(2)9-11-5-6-12(15)19-11/h5-6,16H,3-4,7-10H2,1-2H3. The molecule has 0 aromatic carbocycles. The minimum Gasteiger partial charge on any atom is -0.452 e. The summed E-state index contributed by atoms with van der Waals surface area (Å²) in [4.78, 5) is 14.5. The number of amides is 1. The summed E-state index contributed by atoms with van der Waals surface area (Å²) in [6.07, 6.45) is 2.92. The number of nitrogens with zero attached hydrogens (tertiary/aromatic N) is 1. The highest BCUT2D eigenvalue weighted by atomic mass is 79.9. The van der Waals surface area contributed by atoms with E-state index in [9.17, 15) is 4.79 Å². The van der Waals surface area contributed by atoms with Gasteiger partial charge in [0.1, 0.15) is 5.76 Å². The van der Waals surface area contributed by atoms with Crippen LogP contribution in [-0.2, 0) is 11.3 Å². The van der Waals surface area contributed by atoms with Gasteiger partial charge in [0.15, 0.2) is 4.67 Å². The van der Waals surface area contributed by atoms with Gasteiger partial charge in [-0.15, -0.1) is 0 Å². The average Bonchev–Trinajstić information content (AvgIpc) is 2.84. The van der Waals surface area contributed by atoms with E-state index in [0.29, 0.717) is 11.2 Å². The lowest BCUT2D eigenvalue weighted by Gasteiger charge is -2.38. The van der Waals surface area contributed by atoms with Gasteiger partial charge in [-0.25, -0.2) is 0 Å². The molecular formula is C14H21BrN2O2. The van der Waals surface area contributed by atoms with Gasteiger partial charge in [-0.3, -0.25) is 4.79 Å². The first-order chi connectivity index (χ1) is 9.07. The van der Waals surface area contributed by atoms with Gasteiger partial charge in [-0.2, -0.15) is 0 Å². The zero-order valence-electron chi connectivity index (χ0n) is 11.5. The molecule has 1 aliphatic heterocycles. The van der Waals surface area contributed by atoms with Crippen molar-refractivity contribution in [2.45, 2.75) is 32.7 Å². The molecule has 4 nitrogen and oxygen atoms in total. The lowest BCUT2D eigenvalue weighted by atomic mass is 9.77. The number of hydrogen-bond acceptors (Lipinski definition) is 3. The van der Waals surface area contributed by atoms with Gasteiger partial charge < -0.3 is 14.6 Å². The van der Waals surface area contributed by atoms with E-state index in [1.54, 1.807) is 4.90 Å². The molecule has 5 heteroatoms. The molecule has 0 aliphatic carbocycles. The molecule has 0 bridgehead atoms. The SMILES string of the molecule is CCC1(C(=O)N(C)Cc2ccc(Br)o2)CCCNC1. The second-order valence-corrected chi connectivity index (χ2v) is 6.06. The van der Waals surface area contributed by atoms with E-state index in [4.69, 9.17) is 4.42 Å². The number of furan rings is 1. The van der Waals surface area contributed by atoms with E-state index >= 15 is 0 Å². The molecule has 1 aromatic heterocycles. The van der Waals surface area contributed by atoms with Crippen molar-refractivity contribution in [3.05, 3.63) is 22.6 Å². The molecule has 1 fully saturated rings. The summed E-state index contributed by atoms with van der Waals surface area (Å²) in [5.74, 6) is 1.02. The third-order valence-corrected chi connectivity index (χ3v) is 4.40. The Labute approximate surface area is 122 Å². The van der Waals surface area contributed by atoms with Gasteiger partial charge in [0, 0.05) is 13.6 Å². The molecule has 1 unspecified atom stereocenters. The van der Waals surface area contributed by atoms with Crippen LogP contribution in [0, 0.1) is 5.41 Å². The minimum absolute atomic E-state index is 0.217. The fourth-order valence-corrected chi connectivity index (χ4v) is 3.09. The topological polar surface area (TPSA) is 45.5 Å². The molecule has 0 saturated carbocycles. The first kappa shape index (κ1) is 14.6. The van der Waals surface area contributed by atoms with Crippen molar-refractivity contribution in [2.75, 3.05) is 20.1 Å². The lowest BCUT2D eigenvalue weighted by molar-refractivity contribution is -0.143. The maximum atomic E-state index is 12.7. The van der Waals surface area contributed by atoms with Crippen LogP contribution < -0.4 is 5.32 Å². The van der Waals surface area contributed by atoms with Gasteiger partial charge in [0.05, 0.1) is 12.0 Å². The lowest BCUT2D eigenvalue weighted by Crippen LogP contribution is -2.50. The van der Waals surface area contributed by atoms with Crippen LogP contribution >= 0.6 is 15.9 Å². The Kier molecular flexibility index (Phi) is 4.68. The molecule has 1 aromatic rings. The van der Waals surface area contributed by atoms with E-state index in [0.717, 1.165) is 38.1 Å². The highest BCUT2D eigenvalue weighted by Gasteiger charge is 2.39. The van der Waals surface area contributed by atoms with Crippen LogP contribution in [0.1, 0.15) is 31.9 Å². The van der Waals surface area contributed by atoms with E-state index in [1.807, 2.05) is 19.2 Å². The zero-order chi connectivity index (χ0) is 13.9. The molecule has 0 spiro atoms. The van der Waals surface area contributed by atoms with E-state index in [2.05, 4.69) is 28.2 Å². The highest BCUT2D eigenvalue weighted by molar-refractivity contribution is 9.10. The Morgan fingerprint density at radius 3 is 2.89 bits per heavy atom. The summed E-state index contributed by atoms with van der Waals surface area (Å²) in [5.41, 5.74) is -0.239. The van der Waals surface area contributed by atoms with E-state index in [1.165, 1.54) is 0 Å². The Hall–Kier alpha value is -0.810. The molecule has 19 heavy (non-hydrogen) atoms. The predicted molar refractivity (Wildman–Crippen MR) is 77.7 cm³/mol. The van der Waals surface area contributed by atoms with E-state index in [-0.39, 0.29) is 11.3 Å². The number of carbonyl (C=O) groups is 1. The first-order valence-electron chi connectivity index (χ1n) is 6.78. The van der Waals surface area contributed by atoms with Gasteiger partial charge >= 0.3 is 0 Å². The monoisotopic (exact) mass is 328 g/mol. The quantitative estimate of drug-likeness (QED) is 0.924. The summed E-state index contributed by atoms with van der Waals surface area (Å²) < 4.78 is 6.17. The van der Waals surface area contributed by atoms with Crippen molar-refractivity contribution < 1.29 is 9.21 Å². The third-order valence-electron chi connectivity index (χ3n) is 3.97. The van der Waals surface area contributed by atoms with Crippen LogP contribution in [0.3, 0.4) is 0 Å². The van der Waals surface area contributed by atoms with Gasteiger partial charge in [-0.1, -0.05) is 6.92 Å². The molecule has 106 valence electrons. The summed E-state index contributed by atoms with van der Waals surface area (Å²) in [6, 6.07) is 3.75. The average molecular weight is 329 g/mol. The van der Waals surface area contributed by atoms with Crippen LogP contribution in [0.4, 0.5) is 0 Å². The summed E-state index contributed by atoms with van der Waals surface area (Å²) in [7, 11) is 1.85. The summed E-state index contributed by atoms with van der Waals surface area (Å²) >= 11 is 3.28. The van der Waals surface area contributed by atoms with Gasteiger partial charge in [0.2, 0.25) is 5.91 Å². The molecular weight excluding hydrogens is 308 g/mol. The Bertz CT molecular complexity index is 438. The number of hydrogen-bond donors (Lipinski definition) is 1. The largest absolute Gasteiger partial charge is 0.452 e. The molecule has 1 atom stereocenters. The fourth-order valence-electron chi connectivity index (χ4n) is 2.75. The van der Waals surface area contributed by atoms with Gasteiger partial charge in [0.25, 0.3) is 0 Å². The number of carbonyl (C=O) groups excluding carboxylic acids is 1. The van der Waals surface area contributed by atoms with Crippen LogP contribution in [0.15, 0.2) is 21.2 Å². The van der Waals surface area contributed by atoms with Crippen LogP contribution in [0.5, 0.6) is 0 Å². The number of halogens is 1. The molecule has 1 saturated heterocycles. The molecule has 1 aliphatic rings. The summed E-state index contributed by atoms with van der Waals surface area (Å²) in [5, 5.41) is 3.35. The van der Waals surface area contributed by atoms with Crippen molar-refractivity contribution >= 4 is 21.8 Å². The molecule has 2 heterocycles. The minimum atomic E-state index is -0.239. The molecule has 2 rings (SSSR count). The van der Waals surface area contributed by atoms with Crippen molar-refractivity contribution in [1.29, 1.82) is 0 Å². The number of rotatable bonds is 4. The van der Waals surface area contributed by atoms with Crippen molar-refractivity contribution in [1.82, 2.24) is 10.2 Å². The maximum absolute atomic E-state index is 12.7. The van der Waals surface area contributed by atoms with Gasteiger partial charge in [-0.05, 0) is 53.9 Å². The smallest absolute Gasteiger partial charge is 0.230 e. The first-order valence-corrected chi connectivity index (χ1v) is 7.57. The maximum Gasteiger partial charge on any atom is 0.230 e. The zero-order valence-corrected chi connectivity index (χ0v) is 13.1. The van der Waals surface area contributed by atoms with Crippen molar-refractivity contribution in [2.24, 2.45) is 5.41 Å². The van der Waals surface area contributed by atoms with Crippen LogP contribution in [-0.4, -0.2) is 30.9 Å². The fraction of sp³-hybridized carbons (Fsp3) is 0.643. The second-order valence-electron chi connectivity index (χ2n) is 5.28. The Morgan fingerprint density at radius 1 is 1.58 bits per heavy atom. The van der Waals surface area contributed by atoms with Crippen LogP contribution in [0.2, 0.25) is 0 Å². The summed E-state index contributed by atoms with van der Waals surface area (Å²) in [6.45, 7) is 4.42. The number of nitrogens with one attached hydrogen (secondary N) is 1. The molecule has 1 N–H and O–H groups in total. The van der Waals surface area contributed by atoms with Crippen LogP contribution in [0.25, 0.3) is 0 Å².